The maximum absolute atomic E-state index is 12.0. The zero-order valence-corrected chi connectivity index (χ0v) is 10.9. The number of nitrogens with zero attached hydrogens (tertiary/aromatic N) is 1. The van der Waals surface area contributed by atoms with Crippen molar-refractivity contribution < 1.29 is 19.4 Å². The molecule has 0 spiro atoms. The monoisotopic (exact) mass is 263 g/mol. The molecule has 0 saturated carbocycles. The Morgan fingerprint density at radius 3 is 2.89 bits per heavy atom. The third kappa shape index (κ3) is 3.24. The number of benzene rings is 1. The number of hydrogen-bond acceptors (Lipinski definition) is 3. The summed E-state index contributed by atoms with van der Waals surface area (Å²) in [5.74, 6) is -0.268. The van der Waals surface area contributed by atoms with E-state index >= 15 is 0 Å². The van der Waals surface area contributed by atoms with Gasteiger partial charge in [-0.15, -0.1) is 0 Å². The first kappa shape index (κ1) is 13.4. The van der Waals surface area contributed by atoms with E-state index in [0.29, 0.717) is 13.2 Å². The predicted octanol–water partition coefficient (Wildman–Crippen LogP) is 1.10. The van der Waals surface area contributed by atoms with Crippen molar-refractivity contribution in [1.82, 2.24) is 4.90 Å². The largest absolute Gasteiger partial charge is 0.493 e. The number of carboxylic acids is 1. The zero-order chi connectivity index (χ0) is 13.8. The molecule has 1 aliphatic heterocycles. The fourth-order valence-electron chi connectivity index (χ4n) is 2.18. The normalized spacial score (nSPS) is 12.7. The van der Waals surface area contributed by atoms with E-state index in [4.69, 9.17) is 9.84 Å². The van der Waals surface area contributed by atoms with Crippen LogP contribution in [0.2, 0.25) is 0 Å². The smallest absolute Gasteiger partial charge is 0.323 e. The summed E-state index contributed by atoms with van der Waals surface area (Å²) in [6, 6.07) is 5.70. The van der Waals surface area contributed by atoms with Gasteiger partial charge in [-0.2, -0.15) is 0 Å². The predicted molar refractivity (Wildman–Crippen MR) is 69.2 cm³/mol. The maximum Gasteiger partial charge on any atom is 0.323 e. The molecule has 1 amide bonds. The number of fused-ring (bicyclic) bond motifs is 1. The van der Waals surface area contributed by atoms with Crippen LogP contribution in [0.5, 0.6) is 5.75 Å². The van der Waals surface area contributed by atoms with Crippen molar-refractivity contribution in [3.05, 3.63) is 29.3 Å². The van der Waals surface area contributed by atoms with Crippen LogP contribution in [0.15, 0.2) is 18.2 Å². The lowest BCUT2D eigenvalue weighted by Gasteiger charge is -2.18. The average Bonchev–Trinajstić information content (AvgIpc) is 2.82. The van der Waals surface area contributed by atoms with Crippen molar-refractivity contribution in [2.75, 3.05) is 19.7 Å². The lowest BCUT2D eigenvalue weighted by atomic mass is 10.1. The Labute approximate surface area is 111 Å². The van der Waals surface area contributed by atoms with Gasteiger partial charge in [0.2, 0.25) is 5.91 Å². The summed E-state index contributed by atoms with van der Waals surface area (Å²) in [6.07, 6.45) is 1.10. The Bertz CT molecular complexity index is 498. The number of carboxylic acid groups (broad SMARTS) is 1. The first-order chi connectivity index (χ1) is 9.10. The molecule has 0 unspecified atom stereocenters. The number of aliphatic carboxylic acids is 1. The summed E-state index contributed by atoms with van der Waals surface area (Å²) in [5, 5.41) is 8.75. The molecule has 102 valence electrons. The third-order valence-corrected chi connectivity index (χ3v) is 3.17. The van der Waals surface area contributed by atoms with E-state index in [9.17, 15) is 9.59 Å². The van der Waals surface area contributed by atoms with Gasteiger partial charge in [-0.25, -0.2) is 0 Å². The summed E-state index contributed by atoms with van der Waals surface area (Å²) in [6.45, 7) is 2.62. The topological polar surface area (TPSA) is 66.8 Å². The average molecular weight is 263 g/mol. The Hall–Kier alpha value is -2.04. The second kappa shape index (κ2) is 5.73. The Kier molecular flexibility index (Phi) is 4.04. The van der Waals surface area contributed by atoms with Gasteiger partial charge in [0.25, 0.3) is 0 Å². The minimum Gasteiger partial charge on any atom is -0.493 e. The van der Waals surface area contributed by atoms with Crippen molar-refractivity contribution in [1.29, 1.82) is 0 Å². The third-order valence-electron chi connectivity index (χ3n) is 3.17. The maximum atomic E-state index is 12.0. The highest BCUT2D eigenvalue weighted by Gasteiger charge is 2.17. The quantitative estimate of drug-likeness (QED) is 0.863. The molecule has 0 bridgehead atoms. The van der Waals surface area contributed by atoms with Gasteiger partial charge in [0, 0.05) is 13.0 Å². The van der Waals surface area contributed by atoms with Gasteiger partial charge in [0.05, 0.1) is 13.0 Å². The van der Waals surface area contributed by atoms with E-state index < -0.39 is 5.97 Å². The SMILES string of the molecule is CCN(CC(=O)O)C(=O)Cc1ccc2c(c1)CCO2. The Balaban J connectivity index is 2.03. The summed E-state index contributed by atoms with van der Waals surface area (Å²) >= 11 is 0. The number of ether oxygens (including phenoxy) is 1. The van der Waals surface area contributed by atoms with Gasteiger partial charge in [0.15, 0.2) is 0 Å². The molecule has 1 heterocycles. The molecule has 1 aliphatic rings. The highest BCUT2D eigenvalue weighted by Crippen LogP contribution is 2.26. The minimum absolute atomic E-state index is 0.163. The number of hydrogen-bond donors (Lipinski definition) is 1. The second-order valence-corrected chi connectivity index (χ2v) is 4.52. The lowest BCUT2D eigenvalue weighted by molar-refractivity contribution is -0.144. The fraction of sp³-hybridized carbons (Fsp3) is 0.429. The molecule has 1 aromatic rings. The Morgan fingerprint density at radius 2 is 2.21 bits per heavy atom. The van der Waals surface area contributed by atoms with Gasteiger partial charge in [-0.3, -0.25) is 9.59 Å². The van der Waals surface area contributed by atoms with Crippen molar-refractivity contribution in [2.24, 2.45) is 0 Å². The molecule has 0 saturated heterocycles. The van der Waals surface area contributed by atoms with E-state index in [1.54, 1.807) is 6.92 Å². The van der Waals surface area contributed by atoms with Gasteiger partial charge < -0.3 is 14.7 Å². The molecule has 1 N–H and O–H groups in total. The van der Waals surface area contributed by atoms with E-state index in [0.717, 1.165) is 23.3 Å². The van der Waals surface area contributed by atoms with Crippen LogP contribution in [0.1, 0.15) is 18.1 Å². The van der Waals surface area contributed by atoms with E-state index in [1.807, 2.05) is 18.2 Å². The van der Waals surface area contributed by atoms with Crippen LogP contribution in [-0.4, -0.2) is 41.6 Å². The Morgan fingerprint density at radius 1 is 1.42 bits per heavy atom. The summed E-state index contributed by atoms with van der Waals surface area (Å²) in [4.78, 5) is 24.0. The summed E-state index contributed by atoms with van der Waals surface area (Å²) in [7, 11) is 0. The minimum atomic E-state index is -0.988. The number of amides is 1. The van der Waals surface area contributed by atoms with Crippen LogP contribution in [0.4, 0.5) is 0 Å². The highest BCUT2D eigenvalue weighted by molar-refractivity contribution is 5.83. The van der Waals surface area contributed by atoms with Gasteiger partial charge in [-0.1, -0.05) is 12.1 Å². The first-order valence-electron chi connectivity index (χ1n) is 6.34. The molecule has 0 radical (unpaired) electrons. The molecule has 0 aliphatic carbocycles. The summed E-state index contributed by atoms with van der Waals surface area (Å²) < 4.78 is 5.41. The standard InChI is InChI=1S/C14H17NO4/c1-2-15(9-14(17)18)13(16)8-10-3-4-12-11(7-10)5-6-19-12/h3-4,7H,2,5-6,8-9H2,1H3,(H,17,18). The fourth-order valence-corrected chi connectivity index (χ4v) is 2.18. The molecule has 5 nitrogen and oxygen atoms in total. The molecule has 0 atom stereocenters. The van der Waals surface area contributed by atoms with Gasteiger partial charge in [-0.05, 0) is 24.1 Å². The van der Waals surface area contributed by atoms with Crippen molar-refractivity contribution in [3.8, 4) is 5.75 Å². The number of rotatable bonds is 5. The number of carbonyl (C=O) groups is 2. The molecule has 19 heavy (non-hydrogen) atoms. The number of carbonyl (C=O) groups excluding carboxylic acids is 1. The van der Waals surface area contributed by atoms with Crippen molar-refractivity contribution in [3.63, 3.8) is 0 Å². The van der Waals surface area contributed by atoms with Crippen LogP contribution >= 0.6 is 0 Å². The highest BCUT2D eigenvalue weighted by atomic mass is 16.5. The second-order valence-electron chi connectivity index (χ2n) is 4.52. The molecule has 2 rings (SSSR count). The van der Waals surface area contributed by atoms with Crippen LogP contribution in [0, 0.1) is 0 Å². The van der Waals surface area contributed by atoms with Gasteiger partial charge in [0.1, 0.15) is 12.3 Å². The molecule has 0 fully saturated rings. The van der Waals surface area contributed by atoms with Gasteiger partial charge >= 0.3 is 5.97 Å². The van der Waals surface area contributed by atoms with Crippen LogP contribution in [-0.2, 0) is 22.4 Å². The first-order valence-corrected chi connectivity index (χ1v) is 6.34. The van der Waals surface area contributed by atoms with E-state index in [1.165, 1.54) is 4.90 Å². The molecule has 0 aromatic heterocycles. The molecule has 1 aromatic carbocycles. The molecular formula is C14H17NO4. The van der Waals surface area contributed by atoms with E-state index in [2.05, 4.69) is 0 Å². The van der Waals surface area contributed by atoms with E-state index in [-0.39, 0.29) is 18.9 Å². The van der Waals surface area contributed by atoms with Crippen LogP contribution in [0.25, 0.3) is 0 Å². The van der Waals surface area contributed by atoms with Crippen LogP contribution < -0.4 is 4.74 Å². The van der Waals surface area contributed by atoms with Crippen LogP contribution in [0.3, 0.4) is 0 Å². The lowest BCUT2D eigenvalue weighted by Crippen LogP contribution is -2.36. The number of likely N-dealkylation sites (N-methyl/N-ethyl adjacent to an activating group) is 1. The van der Waals surface area contributed by atoms with Crippen molar-refractivity contribution in [2.45, 2.75) is 19.8 Å². The summed E-state index contributed by atoms with van der Waals surface area (Å²) in [5.41, 5.74) is 2.02. The molecule has 5 heteroatoms. The van der Waals surface area contributed by atoms with Crippen molar-refractivity contribution >= 4 is 11.9 Å². The molecular weight excluding hydrogens is 246 g/mol. The zero-order valence-electron chi connectivity index (χ0n) is 10.9.